The molecule has 136 valence electrons. The van der Waals surface area contributed by atoms with Crippen molar-refractivity contribution in [2.45, 2.75) is 39.3 Å². The number of carbonyl (C=O) groups excluding carboxylic acids is 1. The number of para-hydroxylation sites is 1. The molecule has 25 heavy (non-hydrogen) atoms. The maximum atomic E-state index is 11.7. The van der Waals surface area contributed by atoms with Crippen molar-refractivity contribution in [3.63, 3.8) is 0 Å². The van der Waals surface area contributed by atoms with Crippen molar-refractivity contribution in [2.24, 2.45) is 4.99 Å². The first-order valence-corrected chi connectivity index (χ1v) is 8.59. The van der Waals surface area contributed by atoms with Gasteiger partial charge in [0.1, 0.15) is 12.1 Å². The van der Waals surface area contributed by atoms with Gasteiger partial charge >= 0.3 is 5.97 Å². The fourth-order valence-electron chi connectivity index (χ4n) is 2.55. The largest absolute Gasteiger partial charge is 0.459 e. The van der Waals surface area contributed by atoms with Crippen molar-refractivity contribution in [3.05, 3.63) is 36.5 Å². The standard InChI is InChI=1S/C19H28N4O2/c1-19(2,3)25-17(24)14-22-18(20-4)21-11-7-12-23-13-10-15-8-5-6-9-16(15)23/h5-6,8-10,13H,7,11-12,14H2,1-4H3,(H2,20,21,22). The topological polar surface area (TPSA) is 67.7 Å². The van der Waals surface area contributed by atoms with Gasteiger partial charge in [0.05, 0.1) is 0 Å². The summed E-state index contributed by atoms with van der Waals surface area (Å²) in [6.45, 7) is 7.33. The minimum Gasteiger partial charge on any atom is -0.459 e. The van der Waals surface area contributed by atoms with E-state index in [1.54, 1.807) is 7.05 Å². The van der Waals surface area contributed by atoms with Gasteiger partial charge in [-0.05, 0) is 44.7 Å². The monoisotopic (exact) mass is 344 g/mol. The molecule has 0 amide bonds. The van der Waals surface area contributed by atoms with E-state index in [1.165, 1.54) is 10.9 Å². The SMILES string of the molecule is CN=C(NCCCn1ccc2ccccc21)NCC(=O)OC(C)(C)C. The van der Waals surface area contributed by atoms with Crippen molar-refractivity contribution >= 4 is 22.8 Å². The molecule has 6 nitrogen and oxygen atoms in total. The Kier molecular flexibility index (Phi) is 6.44. The lowest BCUT2D eigenvalue weighted by molar-refractivity contribution is -0.153. The first-order chi connectivity index (χ1) is 11.9. The highest BCUT2D eigenvalue weighted by atomic mass is 16.6. The molecule has 1 aromatic carbocycles. The zero-order valence-electron chi connectivity index (χ0n) is 15.5. The Hall–Kier alpha value is -2.50. The summed E-state index contributed by atoms with van der Waals surface area (Å²) >= 11 is 0. The van der Waals surface area contributed by atoms with E-state index in [0.717, 1.165) is 19.5 Å². The Bertz CT molecular complexity index is 728. The molecule has 0 bridgehead atoms. The number of guanidine groups is 1. The van der Waals surface area contributed by atoms with E-state index in [2.05, 4.69) is 56.7 Å². The van der Waals surface area contributed by atoms with Gasteiger partial charge in [-0.1, -0.05) is 18.2 Å². The molecule has 0 saturated carbocycles. The average Bonchev–Trinajstić information content (AvgIpc) is 2.96. The van der Waals surface area contributed by atoms with Crippen LogP contribution >= 0.6 is 0 Å². The predicted molar refractivity (Wildman–Crippen MR) is 102 cm³/mol. The molecular formula is C19H28N4O2. The molecule has 1 aromatic heterocycles. The van der Waals surface area contributed by atoms with Crippen LogP contribution in [0, 0.1) is 0 Å². The molecule has 6 heteroatoms. The smallest absolute Gasteiger partial charge is 0.325 e. The summed E-state index contributed by atoms with van der Waals surface area (Å²) in [6, 6.07) is 10.5. The van der Waals surface area contributed by atoms with Crippen LogP contribution in [-0.2, 0) is 16.1 Å². The number of nitrogens with zero attached hydrogens (tertiary/aromatic N) is 2. The molecule has 0 radical (unpaired) electrons. The number of benzene rings is 1. The zero-order chi connectivity index (χ0) is 18.3. The Labute approximate surface area is 149 Å². The van der Waals surface area contributed by atoms with Gasteiger partial charge < -0.3 is 19.9 Å². The second-order valence-electron chi connectivity index (χ2n) is 6.86. The van der Waals surface area contributed by atoms with Crippen LogP contribution < -0.4 is 10.6 Å². The van der Waals surface area contributed by atoms with Crippen LogP contribution in [0.1, 0.15) is 27.2 Å². The summed E-state index contributed by atoms with van der Waals surface area (Å²) < 4.78 is 7.50. The number of aliphatic imine (C=N–C) groups is 1. The number of aromatic nitrogens is 1. The third-order valence-corrected chi connectivity index (χ3v) is 3.59. The number of nitrogens with one attached hydrogen (secondary N) is 2. The maximum Gasteiger partial charge on any atom is 0.325 e. The quantitative estimate of drug-likeness (QED) is 0.366. The molecule has 0 fully saturated rings. The first-order valence-electron chi connectivity index (χ1n) is 8.59. The summed E-state index contributed by atoms with van der Waals surface area (Å²) in [7, 11) is 1.68. The summed E-state index contributed by atoms with van der Waals surface area (Å²) in [4.78, 5) is 15.8. The van der Waals surface area contributed by atoms with Gasteiger partial charge in [-0.3, -0.25) is 9.79 Å². The normalized spacial score (nSPS) is 12.2. The number of carbonyl (C=O) groups is 1. The molecule has 0 spiro atoms. The van der Waals surface area contributed by atoms with E-state index in [4.69, 9.17) is 4.74 Å². The molecule has 2 rings (SSSR count). The van der Waals surface area contributed by atoms with Crippen LogP contribution in [-0.4, -0.2) is 42.2 Å². The van der Waals surface area contributed by atoms with Crippen LogP contribution in [0.3, 0.4) is 0 Å². The van der Waals surface area contributed by atoms with Gasteiger partial charge in [-0.25, -0.2) is 0 Å². The minimum absolute atomic E-state index is 0.0964. The number of hydrogen-bond donors (Lipinski definition) is 2. The Morgan fingerprint density at radius 2 is 1.96 bits per heavy atom. The number of hydrogen-bond acceptors (Lipinski definition) is 3. The van der Waals surface area contributed by atoms with E-state index in [9.17, 15) is 4.79 Å². The van der Waals surface area contributed by atoms with Crippen LogP contribution in [0.15, 0.2) is 41.5 Å². The average molecular weight is 344 g/mol. The van der Waals surface area contributed by atoms with E-state index < -0.39 is 5.60 Å². The highest BCUT2D eigenvalue weighted by Crippen LogP contribution is 2.15. The van der Waals surface area contributed by atoms with Crippen LogP contribution in [0.2, 0.25) is 0 Å². The van der Waals surface area contributed by atoms with Crippen molar-refractivity contribution in [3.8, 4) is 0 Å². The number of fused-ring (bicyclic) bond motifs is 1. The lowest BCUT2D eigenvalue weighted by Gasteiger charge is -2.20. The third kappa shape index (κ3) is 6.14. The van der Waals surface area contributed by atoms with E-state index in [-0.39, 0.29) is 12.5 Å². The predicted octanol–water partition coefficient (Wildman–Crippen LogP) is 2.54. The van der Waals surface area contributed by atoms with Crippen molar-refractivity contribution in [2.75, 3.05) is 20.1 Å². The molecule has 0 unspecified atom stereocenters. The fraction of sp³-hybridized carbons (Fsp3) is 0.474. The zero-order valence-corrected chi connectivity index (χ0v) is 15.5. The van der Waals surface area contributed by atoms with Gasteiger partial charge in [0.15, 0.2) is 5.96 Å². The molecule has 0 aliphatic heterocycles. The van der Waals surface area contributed by atoms with Gasteiger partial charge in [0, 0.05) is 31.9 Å². The van der Waals surface area contributed by atoms with Crippen molar-refractivity contribution in [1.29, 1.82) is 0 Å². The molecule has 0 aliphatic carbocycles. The van der Waals surface area contributed by atoms with Crippen molar-refractivity contribution < 1.29 is 9.53 Å². The Morgan fingerprint density at radius 3 is 2.68 bits per heavy atom. The molecule has 0 saturated heterocycles. The number of rotatable bonds is 6. The highest BCUT2D eigenvalue weighted by Gasteiger charge is 2.16. The molecule has 0 aliphatic rings. The highest BCUT2D eigenvalue weighted by molar-refractivity contribution is 5.84. The second-order valence-corrected chi connectivity index (χ2v) is 6.86. The molecule has 0 atom stereocenters. The Morgan fingerprint density at radius 1 is 1.20 bits per heavy atom. The summed E-state index contributed by atoms with van der Waals surface area (Å²) in [6.07, 6.45) is 3.06. The van der Waals surface area contributed by atoms with Gasteiger partial charge in [0.25, 0.3) is 0 Å². The number of ether oxygens (including phenoxy) is 1. The maximum absolute atomic E-state index is 11.7. The minimum atomic E-state index is -0.477. The van der Waals surface area contributed by atoms with E-state index in [0.29, 0.717) is 5.96 Å². The lowest BCUT2D eigenvalue weighted by atomic mass is 10.2. The van der Waals surface area contributed by atoms with Crippen LogP contribution in [0.25, 0.3) is 10.9 Å². The fourth-order valence-corrected chi connectivity index (χ4v) is 2.55. The number of esters is 1. The van der Waals surface area contributed by atoms with Crippen LogP contribution in [0.4, 0.5) is 0 Å². The summed E-state index contributed by atoms with van der Waals surface area (Å²) in [5, 5.41) is 7.44. The third-order valence-electron chi connectivity index (χ3n) is 3.59. The lowest BCUT2D eigenvalue weighted by Crippen LogP contribution is -2.42. The first kappa shape index (κ1) is 18.8. The van der Waals surface area contributed by atoms with Gasteiger partial charge in [-0.2, -0.15) is 0 Å². The Balaban J connectivity index is 1.72. The molecule has 2 aromatic rings. The number of aryl methyl sites for hydroxylation is 1. The van der Waals surface area contributed by atoms with Crippen LogP contribution in [0.5, 0.6) is 0 Å². The summed E-state index contributed by atoms with van der Waals surface area (Å²) in [5.41, 5.74) is 0.768. The van der Waals surface area contributed by atoms with Gasteiger partial charge in [0.2, 0.25) is 0 Å². The molecule has 1 heterocycles. The van der Waals surface area contributed by atoms with Crippen molar-refractivity contribution in [1.82, 2.24) is 15.2 Å². The van der Waals surface area contributed by atoms with Gasteiger partial charge in [-0.15, -0.1) is 0 Å². The van der Waals surface area contributed by atoms with E-state index in [1.807, 2.05) is 20.8 Å². The second kappa shape index (κ2) is 8.55. The molecular weight excluding hydrogens is 316 g/mol. The van der Waals surface area contributed by atoms with E-state index >= 15 is 0 Å². The summed E-state index contributed by atoms with van der Waals surface area (Å²) in [5.74, 6) is 0.303. The molecule has 2 N–H and O–H groups in total.